The molecule has 0 heterocycles. The maximum absolute atomic E-state index is 12.6. The molecule has 43 heavy (non-hydrogen) atoms. The van der Waals surface area contributed by atoms with Crippen LogP contribution in [0.1, 0.15) is 64.4 Å². The van der Waals surface area contributed by atoms with Crippen molar-refractivity contribution in [3.8, 4) is 0 Å². The standard InChI is InChI=1S/C33H44N2O8/c1-31-13-11-22(35-43-19-28(39)34-25(30(40)42-3)15-20-7-5-4-6-8-20)16-21(31)9-10-23-24-12-14-33(41,27(38)18-36)32(24,2)17-26(37)29(23)31/h4-8,16,23-26,29,36-37,41H,9-15,17-19H2,1-3H3,(H,34,39)/t23?,24?,25?,26?,29?,31-,32-,33-/m0/s1. The van der Waals surface area contributed by atoms with Gasteiger partial charge in [0.2, 0.25) is 0 Å². The summed E-state index contributed by atoms with van der Waals surface area (Å²) in [4.78, 5) is 42.9. The number of aliphatic hydroxyl groups excluding tert-OH is 2. The molecule has 0 spiro atoms. The van der Waals surface area contributed by atoms with E-state index in [0.29, 0.717) is 32.1 Å². The SMILES string of the molecule is COC(=O)C(Cc1ccccc1)NC(=O)CON=C1C=C2CCC3C(C(O)C[C@@]4(C)C3CC[C@]4(O)C(=O)CO)[C@@]2(C)CC1. The second-order valence-electron chi connectivity index (χ2n) is 13.3. The molecule has 0 bridgehead atoms. The van der Waals surface area contributed by atoms with Crippen LogP contribution in [0.5, 0.6) is 0 Å². The summed E-state index contributed by atoms with van der Waals surface area (Å²) in [6, 6.07) is 8.51. The van der Waals surface area contributed by atoms with Crippen LogP contribution in [-0.2, 0) is 30.4 Å². The van der Waals surface area contributed by atoms with E-state index in [1.54, 1.807) is 0 Å². The number of hydrogen-bond donors (Lipinski definition) is 4. The zero-order valence-corrected chi connectivity index (χ0v) is 25.3. The number of amides is 1. The number of nitrogens with zero attached hydrogens (tertiary/aromatic N) is 1. The lowest BCUT2D eigenvalue weighted by Crippen LogP contribution is -2.62. The first-order chi connectivity index (χ1) is 20.5. The quantitative estimate of drug-likeness (QED) is 0.250. The van der Waals surface area contributed by atoms with Gasteiger partial charge < -0.3 is 30.2 Å². The van der Waals surface area contributed by atoms with Crippen molar-refractivity contribution >= 4 is 23.4 Å². The van der Waals surface area contributed by atoms with E-state index in [-0.39, 0.29) is 29.8 Å². The Balaban J connectivity index is 1.23. The maximum Gasteiger partial charge on any atom is 0.328 e. The number of ketones is 1. The van der Waals surface area contributed by atoms with Gasteiger partial charge in [0.15, 0.2) is 12.4 Å². The average Bonchev–Trinajstić information content (AvgIpc) is 3.26. The third kappa shape index (κ3) is 5.53. The number of nitrogens with one attached hydrogen (secondary N) is 1. The van der Waals surface area contributed by atoms with Crippen LogP contribution in [0.2, 0.25) is 0 Å². The number of aliphatic hydroxyl groups is 3. The fourth-order valence-electron chi connectivity index (χ4n) is 8.96. The Labute approximate surface area is 252 Å². The number of ether oxygens (including phenoxy) is 1. The molecule has 0 aromatic heterocycles. The van der Waals surface area contributed by atoms with E-state index in [2.05, 4.69) is 17.4 Å². The van der Waals surface area contributed by atoms with Crippen molar-refractivity contribution in [3.63, 3.8) is 0 Å². The first kappa shape index (κ1) is 31.3. The highest BCUT2D eigenvalue weighted by atomic mass is 16.6. The van der Waals surface area contributed by atoms with Gasteiger partial charge >= 0.3 is 5.97 Å². The molecule has 10 nitrogen and oxygen atoms in total. The Kier molecular flexibility index (Phi) is 8.84. The fourth-order valence-corrected chi connectivity index (χ4v) is 8.96. The molecule has 234 valence electrons. The van der Waals surface area contributed by atoms with Crippen LogP contribution in [0.3, 0.4) is 0 Å². The number of benzene rings is 1. The molecule has 4 aliphatic rings. The van der Waals surface area contributed by atoms with Crippen LogP contribution in [0.25, 0.3) is 0 Å². The second-order valence-corrected chi connectivity index (χ2v) is 13.3. The molecule has 0 saturated heterocycles. The minimum absolute atomic E-state index is 0.00901. The van der Waals surface area contributed by atoms with E-state index < -0.39 is 47.4 Å². The summed E-state index contributed by atoms with van der Waals surface area (Å²) in [5.41, 5.74) is 0.181. The number of oxime groups is 1. The van der Waals surface area contributed by atoms with Crippen molar-refractivity contribution in [2.24, 2.45) is 33.7 Å². The van der Waals surface area contributed by atoms with E-state index in [4.69, 9.17) is 9.57 Å². The molecule has 5 unspecified atom stereocenters. The van der Waals surface area contributed by atoms with Crippen LogP contribution in [0, 0.1) is 28.6 Å². The van der Waals surface area contributed by atoms with Crippen molar-refractivity contribution in [2.45, 2.75) is 83.0 Å². The Morgan fingerprint density at radius 1 is 1.12 bits per heavy atom. The van der Waals surface area contributed by atoms with Gasteiger partial charge in [-0.25, -0.2) is 4.79 Å². The lowest BCUT2D eigenvalue weighted by atomic mass is 9.45. The van der Waals surface area contributed by atoms with Gasteiger partial charge in [-0.3, -0.25) is 9.59 Å². The van der Waals surface area contributed by atoms with Crippen molar-refractivity contribution in [1.82, 2.24) is 5.32 Å². The maximum atomic E-state index is 12.6. The number of esters is 1. The van der Waals surface area contributed by atoms with Crippen molar-refractivity contribution in [1.29, 1.82) is 0 Å². The summed E-state index contributed by atoms with van der Waals surface area (Å²) in [5.74, 6) is -1.32. The lowest BCUT2D eigenvalue weighted by Gasteiger charge is -2.60. The van der Waals surface area contributed by atoms with Gasteiger partial charge in [0, 0.05) is 11.8 Å². The number of hydrogen-bond acceptors (Lipinski definition) is 9. The molecule has 3 fully saturated rings. The number of rotatable bonds is 9. The zero-order valence-electron chi connectivity index (χ0n) is 25.3. The Bertz CT molecular complexity index is 1300. The monoisotopic (exact) mass is 596 g/mol. The molecule has 4 aliphatic carbocycles. The summed E-state index contributed by atoms with van der Waals surface area (Å²) in [5, 5.41) is 39.4. The normalized spacial score (nSPS) is 36.4. The third-order valence-corrected chi connectivity index (χ3v) is 11.1. The smallest absolute Gasteiger partial charge is 0.328 e. The summed E-state index contributed by atoms with van der Waals surface area (Å²) in [7, 11) is 1.28. The summed E-state index contributed by atoms with van der Waals surface area (Å²) in [6.07, 6.45) is 6.00. The van der Waals surface area contributed by atoms with Crippen molar-refractivity contribution < 1.29 is 39.3 Å². The molecular weight excluding hydrogens is 552 g/mol. The van der Waals surface area contributed by atoms with Crippen LogP contribution < -0.4 is 5.32 Å². The average molecular weight is 597 g/mol. The third-order valence-electron chi connectivity index (χ3n) is 11.1. The van der Waals surface area contributed by atoms with Crippen molar-refractivity contribution in [3.05, 3.63) is 47.5 Å². The summed E-state index contributed by atoms with van der Waals surface area (Å²) < 4.78 is 4.86. The molecular formula is C33H44N2O8. The van der Waals surface area contributed by atoms with Crippen molar-refractivity contribution in [2.75, 3.05) is 20.3 Å². The van der Waals surface area contributed by atoms with Gasteiger partial charge in [0.1, 0.15) is 18.2 Å². The summed E-state index contributed by atoms with van der Waals surface area (Å²) >= 11 is 0. The molecule has 8 atom stereocenters. The van der Waals surface area contributed by atoms with E-state index in [0.717, 1.165) is 30.5 Å². The predicted molar refractivity (Wildman–Crippen MR) is 158 cm³/mol. The van der Waals surface area contributed by atoms with E-state index in [9.17, 15) is 29.7 Å². The zero-order chi connectivity index (χ0) is 31.0. The minimum atomic E-state index is -1.61. The summed E-state index contributed by atoms with van der Waals surface area (Å²) in [6.45, 7) is 3.08. The first-order valence-corrected chi connectivity index (χ1v) is 15.3. The molecule has 0 radical (unpaired) electrons. The second kappa shape index (κ2) is 12.1. The minimum Gasteiger partial charge on any atom is -0.467 e. The molecule has 4 N–H and O–H groups in total. The molecule has 0 aliphatic heterocycles. The molecule has 3 saturated carbocycles. The topological polar surface area (TPSA) is 155 Å². The Morgan fingerprint density at radius 3 is 2.56 bits per heavy atom. The van der Waals surface area contributed by atoms with Gasteiger partial charge in [-0.1, -0.05) is 54.9 Å². The molecule has 1 aromatic rings. The van der Waals surface area contributed by atoms with Gasteiger partial charge in [-0.2, -0.15) is 0 Å². The van der Waals surface area contributed by atoms with Crippen LogP contribution >= 0.6 is 0 Å². The number of Topliss-reactive ketones (excluding diaryl/α,β-unsaturated/α-hetero) is 1. The molecule has 10 heteroatoms. The van der Waals surface area contributed by atoms with E-state index >= 15 is 0 Å². The molecule has 5 rings (SSSR count). The highest BCUT2D eigenvalue weighted by Gasteiger charge is 2.68. The Morgan fingerprint density at radius 2 is 1.86 bits per heavy atom. The highest BCUT2D eigenvalue weighted by Crippen LogP contribution is 2.67. The van der Waals surface area contributed by atoms with Gasteiger partial charge in [0.25, 0.3) is 5.91 Å². The number of carbonyl (C=O) groups is 3. The number of methoxy groups -OCH3 is 1. The van der Waals surface area contributed by atoms with E-state index in [1.165, 1.54) is 12.7 Å². The van der Waals surface area contributed by atoms with Crippen LogP contribution in [-0.4, -0.2) is 76.8 Å². The lowest BCUT2D eigenvalue weighted by molar-refractivity contribution is -0.181. The molecule has 1 amide bonds. The van der Waals surface area contributed by atoms with Gasteiger partial charge in [0.05, 0.1) is 18.9 Å². The first-order valence-electron chi connectivity index (χ1n) is 15.3. The number of carbonyl (C=O) groups excluding carboxylic acids is 3. The fraction of sp³-hybridized carbons (Fsp3) is 0.636. The number of allylic oxidation sites excluding steroid dienone is 2. The van der Waals surface area contributed by atoms with Crippen LogP contribution in [0.4, 0.5) is 0 Å². The highest BCUT2D eigenvalue weighted by molar-refractivity contribution is 5.96. The van der Waals surface area contributed by atoms with Crippen LogP contribution in [0.15, 0.2) is 47.1 Å². The van der Waals surface area contributed by atoms with E-state index in [1.807, 2.05) is 43.3 Å². The van der Waals surface area contributed by atoms with Gasteiger partial charge in [-0.05, 0) is 79.8 Å². The largest absolute Gasteiger partial charge is 0.467 e. The molecule has 1 aromatic carbocycles. The number of fused-ring (bicyclic) bond motifs is 5. The van der Waals surface area contributed by atoms with Gasteiger partial charge in [-0.15, -0.1) is 0 Å². The predicted octanol–water partition coefficient (Wildman–Crippen LogP) is 2.49. The Hall–Kier alpha value is -3.08.